The highest BCUT2D eigenvalue weighted by atomic mass is 16.2. The Hall–Kier alpha value is -2.69. The molecule has 1 fully saturated rings. The van der Waals surface area contributed by atoms with Gasteiger partial charge in [-0.2, -0.15) is 5.10 Å². The topological polar surface area (TPSA) is 59.3 Å². The first kappa shape index (κ1) is 14.6. The summed E-state index contributed by atoms with van der Waals surface area (Å²) >= 11 is 0. The highest BCUT2D eigenvalue weighted by Gasteiger charge is 2.27. The highest BCUT2D eigenvalue weighted by molar-refractivity contribution is 5.92. The van der Waals surface area contributed by atoms with Crippen LogP contribution in [0.3, 0.4) is 0 Å². The van der Waals surface area contributed by atoms with Gasteiger partial charge >= 0.3 is 0 Å². The number of nitrogens with one attached hydrogen (secondary N) is 1. The van der Waals surface area contributed by atoms with Gasteiger partial charge in [0.15, 0.2) is 5.65 Å². The molecule has 0 aliphatic heterocycles. The molecule has 1 aromatic carbocycles. The van der Waals surface area contributed by atoms with Gasteiger partial charge in [-0.05, 0) is 55.4 Å². The lowest BCUT2D eigenvalue weighted by Gasteiger charge is -2.26. The summed E-state index contributed by atoms with van der Waals surface area (Å²) in [5, 5.41) is 7.63. The number of hydrogen-bond donors (Lipinski definition) is 1. The third kappa shape index (κ3) is 2.69. The normalized spacial score (nSPS) is 19.6. The van der Waals surface area contributed by atoms with E-state index in [0.717, 1.165) is 30.6 Å². The Labute approximate surface area is 146 Å². The van der Waals surface area contributed by atoms with Crippen LogP contribution in [0.15, 0.2) is 42.6 Å². The molecule has 2 aliphatic rings. The molecule has 0 radical (unpaired) electrons. The molecule has 5 rings (SSSR count). The van der Waals surface area contributed by atoms with E-state index < -0.39 is 0 Å². The molecule has 0 bridgehead atoms. The van der Waals surface area contributed by atoms with E-state index in [4.69, 9.17) is 0 Å². The Kier molecular flexibility index (Phi) is 3.33. The lowest BCUT2D eigenvalue weighted by molar-refractivity contribution is 0.0926. The molecular formula is C20H20N4O. The monoisotopic (exact) mass is 332 g/mol. The number of benzene rings is 1. The fraction of sp³-hybridized carbons (Fsp3) is 0.350. The summed E-state index contributed by atoms with van der Waals surface area (Å²) in [6, 6.07) is 12.1. The summed E-state index contributed by atoms with van der Waals surface area (Å²) in [7, 11) is 0. The van der Waals surface area contributed by atoms with Crippen LogP contribution in [0, 0.1) is 0 Å². The van der Waals surface area contributed by atoms with Gasteiger partial charge in [0.1, 0.15) is 5.69 Å². The molecule has 5 heteroatoms. The lowest BCUT2D eigenvalue weighted by atomic mass is 9.87. The minimum absolute atomic E-state index is 0.0692. The first-order chi connectivity index (χ1) is 12.3. The first-order valence-corrected chi connectivity index (χ1v) is 9.03. The van der Waals surface area contributed by atoms with Crippen molar-refractivity contribution in [3.05, 3.63) is 65.1 Å². The van der Waals surface area contributed by atoms with Crippen molar-refractivity contribution in [1.29, 1.82) is 0 Å². The molecule has 126 valence electrons. The Morgan fingerprint density at radius 1 is 1.12 bits per heavy atom. The van der Waals surface area contributed by atoms with Crippen molar-refractivity contribution < 1.29 is 4.79 Å². The van der Waals surface area contributed by atoms with Crippen LogP contribution in [-0.2, 0) is 6.42 Å². The van der Waals surface area contributed by atoms with Crippen molar-refractivity contribution >= 4 is 11.6 Å². The van der Waals surface area contributed by atoms with Gasteiger partial charge < -0.3 is 5.32 Å². The molecule has 1 unspecified atom stereocenters. The van der Waals surface area contributed by atoms with Crippen LogP contribution in [0.2, 0.25) is 0 Å². The number of aromatic nitrogens is 3. The van der Waals surface area contributed by atoms with E-state index in [-0.39, 0.29) is 11.9 Å². The van der Waals surface area contributed by atoms with Crippen molar-refractivity contribution in [3.63, 3.8) is 0 Å². The zero-order chi connectivity index (χ0) is 16.8. The van der Waals surface area contributed by atoms with Crippen LogP contribution >= 0.6 is 0 Å². The minimum atomic E-state index is -0.120. The van der Waals surface area contributed by atoms with E-state index in [1.54, 1.807) is 10.6 Å². The van der Waals surface area contributed by atoms with E-state index in [9.17, 15) is 4.79 Å². The molecule has 0 saturated heterocycles. The average Bonchev–Trinajstić information content (AvgIpc) is 3.41. The smallest absolute Gasteiger partial charge is 0.272 e. The van der Waals surface area contributed by atoms with E-state index in [0.29, 0.717) is 11.6 Å². The van der Waals surface area contributed by atoms with Crippen LogP contribution in [0.4, 0.5) is 0 Å². The predicted molar refractivity (Wildman–Crippen MR) is 94.5 cm³/mol. The maximum atomic E-state index is 12.7. The number of hydrogen-bond acceptors (Lipinski definition) is 3. The largest absolute Gasteiger partial charge is 0.344 e. The van der Waals surface area contributed by atoms with Gasteiger partial charge in [-0.3, -0.25) is 4.79 Å². The molecule has 5 nitrogen and oxygen atoms in total. The van der Waals surface area contributed by atoms with Crippen LogP contribution in [0.25, 0.3) is 5.65 Å². The van der Waals surface area contributed by atoms with E-state index in [1.807, 2.05) is 18.3 Å². The number of carbonyl (C=O) groups is 1. The molecule has 2 heterocycles. The third-order valence-electron chi connectivity index (χ3n) is 5.24. The van der Waals surface area contributed by atoms with Gasteiger partial charge in [-0.15, -0.1) is 0 Å². The van der Waals surface area contributed by atoms with Crippen LogP contribution in [0.1, 0.15) is 65.0 Å². The number of amides is 1. The summed E-state index contributed by atoms with van der Waals surface area (Å²) in [6.45, 7) is 0. The van der Waals surface area contributed by atoms with Crippen molar-refractivity contribution in [1.82, 2.24) is 19.9 Å². The zero-order valence-electron chi connectivity index (χ0n) is 14.0. The Balaban J connectivity index is 1.40. The average molecular weight is 332 g/mol. The predicted octanol–water partition coefficient (Wildman–Crippen LogP) is 3.41. The molecule has 2 aromatic heterocycles. The third-order valence-corrected chi connectivity index (χ3v) is 5.24. The van der Waals surface area contributed by atoms with Crippen molar-refractivity contribution in [2.75, 3.05) is 0 Å². The molecule has 2 aliphatic carbocycles. The van der Waals surface area contributed by atoms with Crippen molar-refractivity contribution in [2.45, 2.75) is 44.1 Å². The summed E-state index contributed by atoms with van der Waals surface area (Å²) < 4.78 is 1.73. The van der Waals surface area contributed by atoms with E-state index >= 15 is 0 Å². The zero-order valence-corrected chi connectivity index (χ0v) is 14.0. The molecule has 1 saturated carbocycles. The second kappa shape index (κ2) is 5.69. The first-order valence-electron chi connectivity index (χ1n) is 9.03. The minimum Gasteiger partial charge on any atom is -0.344 e. The van der Waals surface area contributed by atoms with Gasteiger partial charge in [-0.1, -0.05) is 24.3 Å². The summed E-state index contributed by atoms with van der Waals surface area (Å²) in [5.41, 5.74) is 4.91. The molecule has 0 spiro atoms. The SMILES string of the molecule is O=C(NC1CCCc2ccccc21)c1ccc2nc(C3CC3)cn2n1. The standard InChI is InChI=1S/C20H20N4O/c25-20(22-16-7-3-5-13-4-1-2-6-15(13)16)17-10-11-19-21-18(14-8-9-14)12-24(19)23-17/h1-2,4,6,10-12,14,16H,3,5,7-9H2,(H,22,25). The van der Waals surface area contributed by atoms with Crippen molar-refractivity contribution in [3.8, 4) is 0 Å². The maximum absolute atomic E-state index is 12.7. The highest BCUT2D eigenvalue weighted by Crippen LogP contribution is 2.39. The van der Waals surface area contributed by atoms with Gasteiger partial charge in [0.2, 0.25) is 0 Å². The number of fused-ring (bicyclic) bond motifs is 2. The van der Waals surface area contributed by atoms with E-state index in [2.05, 4.69) is 33.6 Å². The quantitative estimate of drug-likeness (QED) is 0.799. The summed E-state index contributed by atoms with van der Waals surface area (Å²) in [6.07, 6.45) is 7.53. The second-order valence-corrected chi connectivity index (χ2v) is 7.08. The number of aryl methyl sites for hydroxylation is 1. The second-order valence-electron chi connectivity index (χ2n) is 7.08. The number of rotatable bonds is 3. The van der Waals surface area contributed by atoms with Gasteiger partial charge in [-0.25, -0.2) is 9.50 Å². The molecule has 3 aromatic rings. The fourth-order valence-corrected chi connectivity index (χ4v) is 3.73. The Morgan fingerprint density at radius 2 is 2.00 bits per heavy atom. The van der Waals surface area contributed by atoms with Gasteiger partial charge in [0.05, 0.1) is 17.9 Å². The number of nitrogens with zero attached hydrogens (tertiary/aromatic N) is 3. The fourth-order valence-electron chi connectivity index (χ4n) is 3.73. The number of imidazole rings is 1. The number of carbonyl (C=O) groups excluding carboxylic acids is 1. The maximum Gasteiger partial charge on any atom is 0.272 e. The lowest BCUT2D eigenvalue weighted by Crippen LogP contribution is -2.31. The van der Waals surface area contributed by atoms with Crippen molar-refractivity contribution in [2.24, 2.45) is 0 Å². The van der Waals surface area contributed by atoms with Crippen LogP contribution in [-0.4, -0.2) is 20.5 Å². The van der Waals surface area contributed by atoms with Gasteiger partial charge in [0.25, 0.3) is 5.91 Å². The summed E-state index contributed by atoms with van der Waals surface area (Å²) in [5.74, 6) is 0.461. The molecule has 1 atom stereocenters. The molecule has 25 heavy (non-hydrogen) atoms. The molecular weight excluding hydrogens is 312 g/mol. The van der Waals surface area contributed by atoms with Crippen LogP contribution in [0.5, 0.6) is 0 Å². The Bertz CT molecular complexity index is 957. The molecule has 1 N–H and O–H groups in total. The summed E-state index contributed by atoms with van der Waals surface area (Å²) in [4.78, 5) is 17.3. The van der Waals surface area contributed by atoms with E-state index in [1.165, 1.54) is 24.0 Å². The molecule has 1 amide bonds. The Morgan fingerprint density at radius 3 is 2.88 bits per heavy atom. The van der Waals surface area contributed by atoms with Crippen LogP contribution < -0.4 is 5.32 Å². The van der Waals surface area contributed by atoms with Gasteiger partial charge in [0, 0.05) is 5.92 Å².